The largest absolute Gasteiger partial charge is 0.454 e. The molecule has 0 spiro atoms. The molecule has 2 aromatic carbocycles. The Morgan fingerprint density at radius 3 is 2.58 bits per heavy atom. The van der Waals surface area contributed by atoms with Crippen LogP contribution in [0.3, 0.4) is 0 Å². The summed E-state index contributed by atoms with van der Waals surface area (Å²) in [5, 5.41) is 2.01. The molecule has 0 saturated carbocycles. The molecule has 0 aliphatic carbocycles. The van der Waals surface area contributed by atoms with Crippen molar-refractivity contribution in [2.24, 2.45) is 0 Å². The third kappa shape index (κ3) is 6.37. The number of carbonyl (C=O) groups excluding carboxylic acids is 2. The van der Waals surface area contributed by atoms with Gasteiger partial charge in [-0.2, -0.15) is 0 Å². The summed E-state index contributed by atoms with van der Waals surface area (Å²) in [5.74, 6) is 0.983. The maximum Gasteiger partial charge on any atom is 0.242 e. The Hall–Kier alpha value is -3.36. The van der Waals surface area contributed by atoms with E-state index in [1.54, 1.807) is 16.2 Å². The first kappa shape index (κ1) is 26.3. The van der Waals surface area contributed by atoms with Gasteiger partial charge in [0, 0.05) is 24.6 Å². The van der Waals surface area contributed by atoms with E-state index in [1.807, 2.05) is 77.9 Å². The van der Waals surface area contributed by atoms with Gasteiger partial charge in [-0.05, 0) is 54.0 Å². The SMILES string of the molecule is CCC(C(=O)N(CC(=O)N(Cc1ccc2c(c1)OCO2)Cc1cccs1)CC1CCCO1)c1ccccc1. The first-order valence-corrected chi connectivity index (χ1v) is 14.1. The summed E-state index contributed by atoms with van der Waals surface area (Å²) in [6, 6.07) is 19.6. The number of benzene rings is 2. The topological polar surface area (TPSA) is 68.3 Å². The zero-order valence-corrected chi connectivity index (χ0v) is 22.5. The number of rotatable bonds is 11. The Balaban J connectivity index is 1.37. The van der Waals surface area contributed by atoms with Gasteiger partial charge in [0.05, 0.1) is 25.1 Å². The fourth-order valence-corrected chi connectivity index (χ4v) is 5.79. The lowest BCUT2D eigenvalue weighted by atomic mass is 9.94. The van der Waals surface area contributed by atoms with E-state index in [0.29, 0.717) is 44.2 Å². The van der Waals surface area contributed by atoms with Gasteiger partial charge in [-0.25, -0.2) is 0 Å². The summed E-state index contributed by atoms with van der Waals surface area (Å²) in [6.07, 6.45) is 2.50. The molecule has 1 saturated heterocycles. The molecule has 2 aliphatic rings. The van der Waals surface area contributed by atoms with Crippen molar-refractivity contribution in [3.8, 4) is 11.5 Å². The minimum Gasteiger partial charge on any atom is -0.454 e. The van der Waals surface area contributed by atoms with E-state index in [2.05, 4.69) is 0 Å². The molecule has 38 heavy (non-hydrogen) atoms. The fraction of sp³-hybridized carbons (Fsp3) is 0.400. The lowest BCUT2D eigenvalue weighted by Crippen LogP contribution is -2.46. The van der Waals surface area contributed by atoms with Gasteiger partial charge in [0.25, 0.3) is 0 Å². The predicted octanol–water partition coefficient (Wildman–Crippen LogP) is 5.21. The average Bonchev–Trinajstić information content (AvgIpc) is 3.72. The lowest BCUT2D eigenvalue weighted by molar-refractivity contribution is -0.143. The number of thiophene rings is 1. The first-order valence-electron chi connectivity index (χ1n) is 13.2. The fourth-order valence-electron chi connectivity index (χ4n) is 5.07. The maximum absolute atomic E-state index is 13.9. The number of amides is 2. The number of nitrogens with zero attached hydrogens (tertiary/aromatic N) is 2. The summed E-state index contributed by atoms with van der Waals surface area (Å²) in [7, 11) is 0. The Morgan fingerprint density at radius 2 is 1.84 bits per heavy atom. The smallest absolute Gasteiger partial charge is 0.242 e. The predicted molar refractivity (Wildman–Crippen MR) is 146 cm³/mol. The maximum atomic E-state index is 13.9. The van der Waals surface area contributed by atoms with Crippen molar-refractivity contribution in [2.75, 3.05) is 26.5 Å². The van der Waals surface area contributed by atoms with Crippen LogP contribution in [0.1, 0.15) is 48.1 Å². The van der Waals surface area contributed by atoms with Gasteiger partial charge in [0.1, 0.15) is 0 Å². The zero-order valence-electron chi connectivity index (χ0n) is 21.7. The van der Waals surface area contributed by atoms with E-state index in [9.17, 15) is 9.59 Å². The Labute approximate surface area is 227 Å². The molecule has 0 N–H and O–H groups in total. The summed E-state index contributed by atoms with van der Waals surface area (Å²) in [4.78, 5) is 32.4. The van der Waals surface area contributed by atoms with Crippen LogP contribution in [0.15, 0.2) is 66.0 Å². The summed E-state index contributed by atoms with van der Waals surface area (Å²) in [6.45, 7) is 4.24. The summed E-state index contributed by atoms with van der Waals surface area (Å²) >= 11 is 1.62. The normalized spacial score (nSPS) is 16.8. The van der Waals surface area contributed by atoms with Crippen LogP contribution in [0.5, 0.6) is 11.5 Å². The highest BCUT2D eigenvalue weighted by Gasteiger charge is 2.31. The van der Waals surface area contributed by atoms with Crippen LogP contribution in [-0.4, -0.2) is 54.2 Å². The Bertz CT molecular complexity index is 1210. The van der Waals surface area contributed by atoms with Crippen LogP contribution in [0.2, 0.25) is 0 Å². The third-order valence-corrected chi connectivity index (χ3v) is 7.95. The number of fused-ring (bicyclic) bond motifs is 1. The molecule has 3 aromatic rings. The van der Waals surface area contributed by atoms with Crippen LogP contribution in [0.25, 0.3) is 0 Å². The van der Waals surface area contributed by atoms with E-state index in [1.165, 1.54) is 0 Å². The molecule has 5 rings (SSSR count). The molecule has 7 nitrogen and oxygen atoms in total. The molecule has 2 unspecified atom stereocenters. The molecule has 2 atom stereocenters. The average molecular weight is 535 g/mol. The van der Waals surface area contributed by atoms with Crippen molar-refractivity contribution in [1.82, 2.24) is 9.80 Å². The molecule has 0 bridgehead atoms. The number of carbonyl (C=O) groups is 2. The second kappa shape index (κ2) is 12.5. The minimum absolute atomic E-state index is 0.0119. The number of ether oxygens (including phenoxy) is 3. The molecule has 1 fully saturated rings. The zero-order chi connectivity index (χ0) is 26.3. The molecular formula is C30H34N2O5S. The molecular weight excluding hydrogens is 500 g/mol. The third-order valence-electron chi connectivity index (χ3n) is 7.08. The van der Waals surface area contributed by atoms with E-state index < -0.39 is 0 Å². The van der Waals surface area contributed by atoms with Crippen molar-refractivity contribution in [3.05, 3.63) is 82.0 Å². The second-order valence-electron chi connectivity index (χ2n) is 9.74. The monoisotopic (exact) mass is 534 g/mol. The van der Waals surface area contributed by atoms with Crippen molar-refractivity contribution < 1.29 is 23.8 Å². The number of hydrogen-bond acceptors (Lipinski definition) is 6. The van der Waals surface area contributed by atoms with Gasteiger partial charge < -0.3 is 24.0 Å². The highest BCUT2D eigenvalue weighted by molar-refractivity contribution is 7.09. The first-order chi connectivity index (χ1) is 18.6. The molecule has 200 valence electrons. The quantitative estimate of drug-likeness (QED) is 0.338. The lowest BCUT2D eigenvalue weighted by Gasteiger charge is -2.31. The standard InChI is InChI=1S/C30H34N2O5S/c1-2-26(23-8-4-3-5-9-23)30(34)32(18-24-10-6-14-35-24)20-29(33)31(19-25-11-7-15-38-25)17-22-12-13-27-28(16-22)37-21-36-27/h3-5,7-9,11-13,15-16,24,26H,2,6,10,14,17-21H2,1H3. The van der Waals surface area contributed by atoms with Gasteiger partial charge >= 0.3 is 0 Å². The number of hydrogen-bond donors (Lipinski definition) is 0. The molecule has 2 amide bonds. The van der Waals surface area contributed by atoms with E-state index in [4.69, 9.17) is 14.2 Å². The Kier molecular flexibility index (Phi) is 8.61. The van der Waals surface area contributed by atoms with Gasteiger partial charge in [-0.15, -0.1) is 11.3 Å². The molecule has 8 heteroatoms. The van der Waals surface area contributed by atoms with Crippen LogP contribution in [0.4, 0.5) is 0 Å². The van der Waals surface area contributed by atoms with Crippen molar-refractivity contribution in [1.29, 1.82) is 0 Å². The van der Waals surface area contributed by atoms with Crippen molar-refractivity contribution >= 4 is 23.2 Å². The molecule has 0 radical (unpaired) electrons. The second-order valence-corrected chi connectivity index (χ2v) is 10.8. The molecule has 2 aliphatic heterocycles. The Morgan fingerprint density at radius 1 is 1.00 bits per heavy atom. The highest BCUT2D eigenvalue weighted by Crippen LogP contribution is 2.33. The highest BCUT2D eigenvalue weighted by atomic mass is 32.1. The molecule has 1 aromatic heterocycles. The summed E-state index contributed by atoms with van der Waals surface area (Å²) in [5.41, 5.74) is 1.92. The summed E-state index contributed by atoms with van der Waals surface area (Å²) < 4.78 is 16.9. The van der Waals surface area contributed by atoms with Gasteiger partial charge in [0.15, 0.2) is 11.5 Å². The van der Waals surface area contributed by atoms with Crippen molar-refractivity contribution in [3.63, 3.8) is 0 Å². The van der Waals surface area contributed by atoms with E-state index in [0.717, 1.165) is 28.8 Å². The van der Waals surface area contributed by atoms with E-state index >= 15 is 0 Å². The van der Waals surface area contributed by atoms with Crippen LogP contribution in [0, 0.1) is 0 Å². The van der Waals surface area contributed by atoms with E-state index in [-0.39, 0.29) is 37.2 Å². The van der Waals surface area contributed by atoms with Gasteiger partial charge in [-0.3, -0.25) is 9.59 Å². The molecule has 3 heterocycles. The van der Waals surface area contributed by atoms with Gasteiger partial charge in [-0.1, -0.05) is 49.4 Å². The van der Waals surface area contributed by atoms with Crippen LogP contribution < -0.4 is 9.47 Å². The van der Waals surface area contributed by atoms with Crippen molar-refractivity contribution in [2.45, 2.75) is 51.3 Å². The van der Waals surface area contributed by atoms with Crippen LogP contribution in [-0.2, 0) is 27.4 Å². The van der Waals surface area contributed by atoms with Crippen LogP contribution >= 0.6 is 11.3 Å². The van der Waals surface area contributed by atoms with Gasteiger partial charge in [0.2, 0.25) is 18.6 Å². The minimum atomic E-state index is -0.301.